The van der Waals surface area contributed by atoms with Gasteiger partial charge in [0.25, 0.3) is 0 Å². The first-order valence-electron chi connectivity index (χ1n) is 11.8. The maximum atomic E-state index is 12.1. The van der Waals surface area contributed by atoms with Crippen molar-refractivity contribution in [2.24, 2.45) is 0 Å². The fraction of sp³-hybridized carbons (Fsp3) is 0.958. The molecular formula is C24H49NO. The number of amides is 1. The molecule has 0 atom stereocenters. The number of carbonyl (C=O) groups excluding carboxylic acids is 1. The summed E-state index contributed by atoms with van der Waals surface area (Å²) in [6.07, 6.45) is 23.1. The van der Waals surface area contributed by atoms with E-state index in [4.69, 9.17) is 0 Å². The fourth-order valence-corrected chi connectivity index (χ4v) is 3.62. The lowest BCUT2D eigenvalue weighted by atomic mass is 9.96. The van der Waals surface area contributed by atoms with Crippen LogP contribution in [0.3, 0.4) is 0 Å². The largest absolute Gasteiger partial charge is 0.351 e. The van der Waals surface area contributed by atoms with Crippen LogP contribution in [0.4, 0.5) is 0 Å². The van der Waals surface area contributed by atoms with Crippen LogP contribution in [0, 0.1) is 0 Å². The minimum atomic E-state index is -0.0389. The Hall–Kier alpha value is -0.530. The third kappa shape index (κ3) is 18.3. The predicted octanol–water partition coefficient (Wildman–Crippen LogP) is 7.94. The highest BCUT2D eigenvalue weighted by Gasteiger charge is 2.19. The third-order valence-electron chi connectivity index (χ3n) is 5.39. The van der Waals surface area contributed by atoms with Crippen molar-refractivity contribution in [2.45, 2.75) is 149 Å². The summed E-state index contributed by atoms with van der Waals surface area (Å²) in [4.78, 5) is 12.1. The Labute approximate surface area is 165 Å². The number of nitrogens with one attached hydrogen (secondary N) is 1. The average molecular weight is 368 g/mol. The van der Waals surface area contributed by atoms with Crippen molar-refractivity contribution in [3.63, 3.8) is 0 Å². The summed E-state index contributed by atoms with van der Waals surface area (Å²) in [5.41, 5.74) is -0.0389. The Morgan fingerprint density at radius 2 is 1.00 bits per heavy atom. The molecule has 2 heteroatoms. The van der Waals surface area contributed by atoms with E-state index >= 15 is 0 Å². The highest BCUT2D eigenvalue weighted by Crippen LogP contribution is 2.15. The van der Waals surface area contributed by atoms with Gasteiger partial charge in [0.2, 0.25) is 5.91 Å². The lowest BCUT2D eigenvalue weighted by Crippen LogP contribution is -2.43. The van der Waals surface area contributed by atoms with Crippen molar-refractivity contribution in [3.8, 4) is 0 Å². The van der Waals surface area contributed by atoms with E-state index in [2.05, 4.69) is 33.0 Å². The normalized spacial score (nSPS) is 11.7. The summed E-state index contributed by atoms with van der Waals surface area (Å²) >= 11 is 0. The summed E-state index contributed by atoms with van der Waals surface area (Å²) in [6, 6.07) is 0. The van der Waals surface area contributed by atoms with E-state index in [1.165, 1.54) is 96.3 Å². The maximum absolute atomic E-state index is 12.1. The van der Waals surface area contributed by atoms with Crippen LogP contribution >= 0.6 is 0 Å². The van der Waals surface area contributed by atoms with Crippen LogP contribution < -0.4 is 5.32 Å². The fourth-order valence-electron chi connectivity index (χ4n) is 3.62. The molecule has 2 nitrogen and oxygen atoms in total. The quantitative estimate of drug-likeness (QED) is 0.231. The summed E-state index contributed by atoms with van der Waals surface area (Å²) in [6.45, 7) is 8.82. The van der Waals surface area contributed by atoms with Crippen LogP contribution in [-0.2, 0) is 4.79 Å². The summed E-state index contributed by atoms with van der Waals surface area (Å²) in [7, 11) is 0. The summed E-state index contributed by atoms with van der Waals surface area (Å²) in [5, 5.41) is 3.22. The molecule has 0 unspecified atom stereocenters. The lowest BCUT2D eigenvalue weighted by molar-refractivity contribution is -0.122. The van der Waals surface area contributed by atoms with Gasteiger partial charge in [-0.2, -0.15) is 0 Å². The molecule has 0 aliphatic rings. The van der Waals surface area contributed by atoms with Crippen LogP contribution in [0.15, 0.2) is 0 Å². The zero-order valence-corrected chi connectivity index (χ0v) is 18.6. The molecular weight excluding hydrogens is 318 g/mol. The molecule has 0 saturated carbocycles. The van der Waals surface area contributed by atoms with Crippen molar-refractivity contribution < 1.29 is 4.79 Å². The molecule has 26 heavy (non-hydrogen) atoms. The Morgan fingerprint density at radius 3 is 1.46 bits per heavy atom. The van der Waals surface area contributed by atoms with E-state index in [0.717, 1.165) is 12.8 Å². The highest BCUT2D eigenvalue weighted by molar-refractivity contribution is 5.76. The smallest absolute Gasteiger partial charge is 0.220 e. The molecule has 0 heterocycles. The minimum Gasteiger partial charge on any atom is -0.351 e. The van der Waals surface area contributed by atoms with Gasteiger partial charge < -0.3 is 5.32 Å². The van der Waals surface area contributed by atoms with Crippen LogP contribution in [0.5, 0.6) is 0 Å². The van der Waals surface area contributed by atoms with E-state index in [0.29, 0.717) is 6.42 Å². The molecule has 0 radical (unpaired) electrons. The van der Waals surface area contributed by atoms with Gasteiger partial charge in [0.05, 0.1) is 0 Å². The summed E-state index contributed by atoms with van der Waals surface area (Å²) in [5.74, 6) is 0.245. The van der Waals surface area contributed by atoms with Gasteiger partial charge >= 0.3 is 0 Å². The number of hydrogen-bond acceptors (Lipinski definition) is 1. The van der Waals surface area contributed by atoms with Crippen LogP contribution in [0.1, 0.15) is 143 Å². The summed E-state index contributed by atoms with van der Waals surface area (Å²) < 4.78 is 0. The first-order chi connectivity index (χ1) is 12.5. The van der Waals surface area contributed by atoms with Gasteiger partial charge in [0.1, 0.15) is 0 Å². The van der Waals surface area contributed by atoms with Gasteiger partial charge in [-0.25, -0.2) is 0 Å². The van der Waals surface area contributed by atoms with Gasteiger partial charge in [-0.05, 0) is 26.7 Å². The van der Waals surface area contributed by atoms with E-state index in [-0.39, 0.29) is 11.4 Å². The van der Waals surface area contributed by atoms with Crippen LogP contribution in [-0.4, -0.2) is 11.4 Å². The average Bonchev–Trinajstić information content (AvgIpc) is 2.58. The Kier molecular flexibility index (Phi) is 17.5. The monoisotopic (exact) mass is 367 g/mol. The Morgan fingerprint density at radius 1 is 0.615 bits per heavy atom. The molecule has 1 amide bonds. The third-order valence-corrected chi connectivity index (χ3v) is 5.39. The molecule has 0 spiro atoms. The van der Waals surface area contributed by atoms with Crippen LogP contribution in [0.2, 0.25) is 0 Å². The number of hydrogen-bond donors (Lipinski definition) is 1. The van der Waals surface area contributed by atoms with Crippen molar-refractivity contribution in [1.29, 1.82) is 0 Å². The maximum Gasteiger partial charge on any atom is 0.220 e. The van der Waals surface area contributed by atoms with E-state index in [9.17, 15) is 4.79 Å². The zero-order chi connectivity index (χ0) is 19.5. The molecule has 0 aliphatic carbocycles. The second-order valence-corrected chi connectivity index (χ2v) is 8.88. The van der Waals surface area contributed by atoms with Gasteiger partial charge in [-0.15, -0.1) is 0 Å². The first kappa shape index (κ1) is 25.5. The molecule has 0 aromatic carbocycles. The Bertz CT molecular complexity index is 311. The first-order valence-corrected chi connectivity index (χ1v) is 11.8. The second kappa shape index (κ2) is 17.9. The highest BCUT2D eigenvalue weighted by atomic mass is 16.1. The van der Waals surface area contributed by atoms with Crippen molar-refractivity contribution in [3.05, 3.63) is 0 Å². The molecule has 0 aromatic rings. The molecule has 0 rings (SSSR count). The molecule has 0 fully saturated rings. The predicted molar refractivity (Wildman–Crippen MR) is 117 cm³/mol. The molecule has 1 N–H and O–H groups in total. The Balaban J connectivity index is 3.37. The van der Waals surface area contributed by atoms with Gasteiger partial charge in [-0.3, -0.25) is 4.79 Å². The SMILES string of the molecule is CCCCCCCCCCCCCCCC(=O)NC(C)(C)CCCCC. The van der Waals surface area contributed by atoms with Crippen molar-refractivity contribution >= 4 is 5.91 Å². The van der Waals surface area contributed by atoms with Crippen molar-refractivity contribution in [1.82, 2.24) is 5.32 Å². The standard InChI is InChI=1S/C24H49NO/c1-5-7-9-10-11-12-13-14-15-16-17-18-19-21-23(26)25-24(3,4)22-20-8-6-2/h5-22H2,1-4H3,(H,25,26). The number of carbonyl (C=O) groups is 1. The molecule has 156 valence electrons. The van der Waals surface area contributed by atoms with Crippen LogP contribution in [0.25, 0.3) is 0 Å². The zero-order valence-electron chi connectivity index (χ0n) is 18.6. The molecule has 0 aromatic heterocycles. The van der Waals surface area contributed by atoms with E-state index in [1.807, 2.05) is 0 Å². The number of unbranched alkanes of at least 4 members (excludes halogenated alkanes) is 14. The molecule has 0 aliphatic heterocycles. The van der Waals surface area contributed by atoms with Gasteiger partial charge in [0.15, 0.2) is 0 Å². The van der Waals surface area contributed by atoms with Crippen molar-refractivity contribution in [2.75, 3.05) is 0 Å². The van der Waals surface area contributed by atoms with E-state index < -0.39 is 0 Å². The topological polar surface area (TPSA) is 29.1 Å². The molecule has 0 bridgehead atoms. The second-order valence-electron chi connectivity index (χ2n) is 8.88. The lowest BCUT2D eigenvalue weighted by Gasteiger charge is -2.26. The number of rotatable bonds is 19. The minimum absolute atomic E-state index is 0.0389. The molecule has 0 saturated heterocycles. The van der Waals surface area contributed by atoms with Gasteiger partial charge in [-0.1, -0.05) is 110 Å². The van der Waals surface area contributed by atoms with E-state index in [1.54, 1.807) is 0 Å². The van der Waals surface area contributed by atoms with Gasteiger partial charge in [0, 0.05) is 12.0 Å².